The molecule has 32 heteroatoms. The van der Waals surface area contributed by atoms with Crippen molar-refractivity contribution in [3.8, 4) is 0 Å². The van der Waals surface area contributed by atoms with Gasteiger partial charge in [0.25, 0.3) is 0 Å². The van der Waals surface area contributed by atoms with E-state index in [1.54, 1.807) is 26.2 Å². The SMILES string of the molecule is Cc1nc2nc(N[C@@H](C)c3cncc(F)c3)nc(C(=O)CCCN3CCOCC3)c2s1.Cc1nc2nc(N[C@@H](C)c3cncc(F)c3)nc(C(=O)CCCN3CCOCC3)c2s1.Cc1nc2nc(N[C@@H](C)c3cncc(F)c3)nc(C(=O)O)c2s1.NCCN1CCOCC1. The Balaban J connectivity index is 0.000000157. The fourth-order valence-electron chi connectivity index (χ4n) is 10.1. The predicted molar refractivity (Wildman–Crippen MR) is 353 cm³/mol. The number of hydrogen-bond donors (Lipinski definition) is 5. The van der Waals surface area contributed by atoms with Gasteiger partial charge in [-0.15, -0.1) is 34.0 Å². The molecule has 9 aromatic heterocycles. The Morgan fingerprint density at radius 2 is 0.798 bits per heavy atom. The summed E-state index contributed by atoms with van der Waals surface area (Å²) in [6.07, 6.45) is 10.5. The van der Waals surface area contributed by atoms with Gasteiger partial charge in [-0.3, -0.25) is 39.2 Å². The summed E-state index contributed by atoms with van der Waals surface area (Å²) in [6, 6.07) is 3.24. The van der Waals surface area contributed by atoms with E-state index in [0.717, 1.165) is 147 Å². The molecular formula is C62H76F3N19O7S3. The van der Waals surface area contributed by atoms with Crippen LogP contribution in [0.15, 0.2) is 55.4 Å². The lowest BCUT2D eigenvalue weighted by molar-refractivity contribution is 0.0370. The van der Waals surface area contributed by atoms with Crippen LogP contribution in [0.5, 0.6) is 0 Å². The summed E-state index contributed by atoms with van der Waals surface area (Å²) in [7, 11) is 0. The van der Waals surface area contributed by atoms with Crippen molar-refractivity contribution < 1.29 is 46.9 Å². The number of anilines is 3. The number of fused-ring (bicyclic) bond motifs is 3. The normalized spacial score (nSPS) is 15.6. The number of aromatic nitrogens is 12. The molecule has 9 aromatic rings. The second-order valence-electron chi connectivity index (χ2n) is 22.3. The van der Waals surface area contributed by atoms with Crippen LogP contribution in [-0.2, 0) is 14.2 Å². The highest BCUT2D eigenvalue weighted by Crippen LogP contribution is 2.30. The Morgan fingerprint density at radius 1 is 0.489 bits per heavy atom. The Kier molecular flexibility index (Phi) is 25.8. The van der Waals surface area contributed by atoms with Crippen molar-refractivity contribution in [2.75, 3.05) is 121 Å². The predicted octanol–water partition coefficient (Wildman–Crippen LogP) is 8.87. The molecule has 3 aliphatic heterocycles. The topological polar surface area (TPSA) is 326 Å². The molecule has 12 rings (SSSR count). The van der Waals surface area contributed by atoms with Crippen LogP contribution in [0.1, 0.15) is 128 Å². The van der Waals surface area contributed by atoms with Crippen molar-refractivity contribution in [3.05, 3.63) is 122 Å². The first-order valence-electron chi connectivity index (χ1n) is 30.8. The maximum atomic E-state index is 13.5. The minimum Gasteiger partial charge on any atom is -0.476 e. The van der Waals surface area contributed by atoms with Gasteiger partial charge in [0.2, 0.25) is 17.8 Å². The van der Waals surface area contributed by atoms with E-state index in [-0.39, 0.29) is 41.3 Å². The van der Waals surface area contributed by atoms with Gasteiger partial charge in [-0.05, 0) is 102 Å². The van der Waals surface area contributed by atoms with E-state index >= 15 is 0 Å². The number of morpholine rings is 3. The van der Waals surface area contributed by atoms with Crippen LogP contribution in [0.25, 0.3) is 31.0 Å². The van der Waals surface area contributed by atoms with E-state index in [2.05, 4.69) is 90.5 Å². The number of ether oxygens (including phenoxy) is 3. The minimum absolute atomic E-state index is 0.0209. The largest absolute Gasteiger partial charge is 0.476 e. The number of halogens is 3. The molecule has 3 fully saturated rings. The lowest BCUT2D eigenvalue weighted by atomic mass is 10.1. The van der Waals surface area contributed by atoms with Crippen LogP contribution in [0.4, 0.5) is 31.0 Å². The molecule has 3 saturated heterocycles. The second-order valence-corrected chi connectivity index (χ2v) is 25.9. The molecule has 0 spiro atoms. The van der Waals surface area contributed by atoms with Gasteiger partial charge in [0.15, 0.2) is 34.2 Å². The van der Waals surface area contributed by atoms with E-state index in [1.165, 1.54) is 58.4 Å². The molecule has 26 nitrogen and oxygen atoms in total. The Bertz CT molecular complexity index is 3830. The molecule has 6 N–H and O–H groups in total. The van der Waals surface area contributed by atoms with Gasteiger partial charge in [-0.2, -0.15) is 15.0 Å². The number of aromatic carboxylic acids is 1. The number of pyridine rings is 3. The van der Waals surface area contributed by atoms with Crippen LogP contribution >= 0.6 is 34.0 Å². The van der Waals surface area contributed by atoms with E-state index in [1.807, 2.05) is 27.7 Å². The third kappa shape index (κ3) is 20.3. The molecule has 0 aliphatic carbocycles. The molecule has 0 bridgehead atoms. The molecule has 500 valence electrons. The fourth-order valence-corrected chi connectivity index (χ4v) is 12.7. The third-order valence-electron chi connectivity index (χ3n) is 15.0. The highest BCUT2D eigenvalue weighted by molar-refractivity contribution is 7.19. The lowest BCUT2D eigenvalue weighted by Gasteiger charge is -2.26. The van der Waals surface area contributed by atoms with Gasteiger partial charge in [-0.25, -0.2) is 47.9 Å². The Labute approximate surface area is 552 Å². The van der Waals surface area contributed by atoms with Crippen LogP contribution in [0.2, 0.25) is 0 Å². The number of carboxylic acids is 1. The molecule has 0 radical (unpaired) electrons. The number of rotatable bonds is 22. The molecule has 0 aromatic carbocycles. The van der Waals surface area contributed by atoms with E-state index in [9.17, 15) is 32.7 Å². The zero-order valence-corrected chi connectivity index (χ0v) is 55.6. The van der Waals surface area contributed by atoms with Crippen molar-refractivity contribution in [2.45, 2.75) is 85.4 Å². The number of carbonyl (C=O) groups is 3. The summed E-state index contributed by atoms with van der Waals surface area (Å²) in [5, 5.41) is 20.9. The average molecular weight is 1350 g/mol. The number of nitrogens with zero attached hydrogens (tertiary/aromatic N) is 15. The number of thiazole rings is 3. The smallest absolute Gasteiger partial charge is 0.356 e. The van der Waals surface area contributed by atoms with Crippen LogP contribution < -0.4 is 21.7 Å². The first-order valence-corrected chi connectivity index (χ1v) is 33.3. The van der Waals surface area contributed by atoms with Gasteiger partial charge in [-0.1, -0.05) is 0 Å². The number of nitrogens with one attached hydrogen (secondary N) is 3. The van der Waals surface area contributed by atoms with Gasteiger partial charge in [0.05, 0.1) is 91.4 Å². The number of carboxylic acid groups (broad SMARTS) is 1. The summed E-state index contributed by atoms with van der Waals surface area (Å²) in [6.45, 7) is 25.0. The fraction of sp³-hybridized carbons (Fsp3) is 0.468. The molecule has 3 aliphatic rings. The van der Waals surface area contributed by atoms with E-state index in [4.69, 9.17) is 19.9 Å². The number of hydrogen-bond acceptors (Lipinski definition) is 28. The summed E-state index contributed by atoms with van der Waals surface area (Å²) in [4.78, 5) is 95.3. The molecule has 0 unspecified atom stereocenters. The van der Waals surface area contributed by atoms with Gasteiger partial charge >= 0.3 is 5.97 Å². The molecule has 94 heavy (non-hydrogen) atoms. The maximum Gasteiger partial charge on any atom is 0.356 e. The molecule has 0 amide bonds. The monoisotopic (exact) mass is 1350 g/mol. The third-order valence-corrected chi connectivity index (χ3v) is 17.9. The summed E-state index contributed by atoms with van der Waals surface area (Å²) >= 11 is 4.08. The van der Waals surface area contributed by atoms with Gasteiger partial charge in [0.1, 0.15) is 42.9 Å². The van der Waals surface area contributed by atoms with Crippen molar-refractivity contribution >= 4 is 100 Å². The van der Waals surface area contributed by atoms with E-state index in [0.29, 0.717) is 88.9 Å². The number of Topliss-reactive ketones (excluding diaryl/α,β-unsaturated/α-hetero) is 2. The number of nitrogens with two attached hydrogens (primary N) is 1. The highest BCUT2D eigenvalue weighted by Gasteiger charge is 2.24. The first kappa shape index (κ1) is 70.4. The van der Waals surface area contributed by atoms with Crippen LogP contribution in [0.3, 0.4) is 0 Å². The number of aryl methyl sites for hydroxylation is 3. The van der Waals surface area contributed by atoms with Crippen LogP contribution in [-0.4, -0.2) is 202 Å². The van der Waals surface area contributed by atoms with Crippen molar-refractivity contribution in [2.24, 2.45) is 5.73 Å². The van der Waals surface area contributed by atoms with Crippen molar-refractivity contribution in [1.29, 1.82) is 0 Å². The summed E-state index contributed by atoms with van der Waals surface area (Å²) in [5.74, 6) is -1.74. The van der Waals surface area contributed by atoms with Crippen LogP contribution in [0, 0.1) is 38.2 Å². The van der Waals surface area contributed by atoms with Crippen molar-refractivity contribution in [3.63, 3.8) is 0 Å². The highest BCUT2D eigenvalue weighted by atomic mass is 32.1. The maximum absolute atomic E-state index is 13.5. The quantitative estimate of drug-likeness (QED) is 0.0395. The standard InChI is InChI=1S/2C21H25FN6O2S.C14H12FN5O2S.C6H14N2O/c2*1-13(15-10-16(22)12-23-11-15)24-21-26-18(19-20(27-21)25-14(2)31-19)17(29)4-3-5-28-6-8-30-9-7-28;1-6(8-3-9(15)5-16-4-8)17-14-19-10(13(21)22)11-12(20-14)18-7(2)23-11;7-1-2-8-3-5-9-6-4-8/h2*10-13H,3-9H2,1-2H3,(H,24,26,27);3-6H,1-2H3,(H,21,22)(H,17,19,20);1-7H2/t2*13-;6-;/m000./s1. The zero-order chi connectivity index (χ0) is 66.7. The minimum atomic E-state index is -1.15. The lowest BCUT2D eigenvalue weighted by Crippen LogP contribution is -2.39. The molecule has 3 atom stereocenters. The zero-order valence-electron chi connectivity index (χ0n) is 53.1. The average Bonchev–Trinajstić information content (AvgIpc) is 1.61. The Hall–Kier alpha value is -7.92. The van der Waals surface area contributed by atoms with Crippen molar-refractivity contribution in [1.82, 2.24) is 74.5 Å². The summed E-state index contributed by atoms with van der Waals surface area (Å²) in [5.41, 5.74) is 9.31. The molecular weight excluding hydrogens is 1280 g/mol. The molecule has 0 saturated carbocycles. The first-order chi connectivity index (χ1) is 45.3. The second kappa shape index (κ2) is 34.5. The van der Waals surface area contributed by atoms with E-state index < -0.39 is 23.4 Å². The Morgan fingerprint density at radius 3 is 1.11 bits per heavy atom. The number of carbonyl (C=O) groups excluding carboxylic acids is 2. The van der Waals surface area contributed by atoms with Gasteiger partial charge in [0, 0.05) is 83.8 Å². The number of ketones is 2. The summed E-state index contributed by atoms with van der Waals surface area (Å²) < 4.78 is 58.0. The van der Waals surface area contributed by atoms with Gasteiger partial charge < -0.3 is 41.0 Å². The molecule has 12 heterocycles.